The van der Waals surface area contributed by atoms with Crippen molar-refractivity contribution in [3.63, 3.8) is 0 Å². The van der Waals surface area contributed by atoms with Crippen LogP contribution >= 0.6 is 0 Å². The van der Waals surface area contributed by atoms with Gasteiger partial charge in [-0.05, 0) is 39.2 Å². The molecule has 0 radical (unpaired) electrons. The van der Waals surface area contributed by atoms with Crippen molar-refractivity contribution < 1.29 is 0 Å². The average molecular weight is 243 g/mol. The summed E-state index contributed by atoms with van der Waals surface area (Å²) in [5, 5.41) is 3.44. The maximum absolute atomic E-state index is 3.44. The summed E-state index contributed by atoms with van der Waals surface area (Å²) >= 11 is 0. The molecule has 0 fully saturated rings. The van der Waals surface area contributed by atoms with Gasteiger partial charge in [0.05, 0.1) is 0 Å². The first kappa shape index (κ1) is 14.7. The summed E-state index contributed by atoms with van der Waals surface area (Å²) in [6, 6.07) is 10.5. The van der Waals surface area contributed by atoms with E-state index in [0.29, 0.717) is 0 Å². The molecule has 0 unspecified atom stereocenters. The van der Waals surface area contributed by atoms with Crippen molar-refractivity contribution in [2.24, 2.45) is 0 Å². The van der Waals surface area contributed by atoms with Crippen molar-refractivity contribution >= 4 is 0 Å². The minimum Gasteiger partial charge on any atom is -0.309 e. The van der Waals surface area contributed by atoms with Gasteiger partial charge in [-0.2, -0.15) is 0 Å². The summed E-state index contributed by atoms with van der Waals surface area (Å²) in [6.07, 6.45) is 6.91. The average Bonchev–Trinajstić information content (AvgIpc) is 2.35. The van der Waals surface area contributed by atoms with E-state index in [1.54, 1.807) is 0 Å². The first-order chi connectivity index (χ1) is 8.68. The Morgan fingerprint density at radius 1 is 1.06 bits per heavy atom. The van der Waals surface area contributed by atoms with Gasteiger partial charge in [0.2, 0.25) is 0 Å². The van der Waals surface area contributed by atoms with Crippen LogP contribution in [0.2, 0.25) is 0 Å². The van der Waals surface area contributed by atoms with Crippen molar-refractivity contribution in [2.75, 3.05) is 6.54 Å². The molecule has 0 spiro atoms. The van der Waals surface area contributed by atoms with Gasteiger partial charge in [0.1, 0.15) is 0 Å². The molecule has 1 aromatic carbocycles. The monoisotopic (exact) mass is 243 g/mol. The predicted molar refractivity (Wildman–Crippen MR) is 80.6 cm³/mol. The molecule has 0 heterocycles. The third kappa shape index (κ3) is 7.08. The SMILES string of the molecule is CC(C)=CCC/C(C)=C/CNCc1ccccc1. The topological polar surface area (TPSA) is 12.0 Å². The quantitative estimate of drug-likeness (QED) is 0.550. The Morgan fingerprint density at radius 2 is 1.78 bits per heavy atom. The molecular formula is C17H25N. The van der Waals surface area contributed by atoms with E-state index in [4.69, 9.17) is 0 Å². The van der Waals surface area contributed by atoms with Crippen LogP contribution in [-0.4, -0.2) is 6.54 Å². The highest BCUT2D eigenvalue weighted by Crippen LogP contribution is 2.06. The van der Waals surface area contributed by atoms with Crippen LogP contribution in [0.5, 0.6) is 0 Å². The third-order valence-electron chi connectivity index (χ3n) is 2.86. The molecule has 1 rings (SSSR count). The minimum absolute atomic E-state index is 0.943. The second-order valence-electron chi connectivity index (χ2n) is 4.99. The number of nitrogens with one attached hydrogen (secondary N) is 1. The zero-order valence-electron chi connectivity index (χ0n) is 11.9. The molecule has 1 aromatic rings. The summed E-state index contributed by atoms with van der Waals surface area (Å²) in [5.41, 5.74) is 4.21. The van der Waals surface area contributed by atoms with Crippen LogP contribution in [0.3, 0.4) is 0 Å². The summed E-state index contributed by atoms with van der Waals surface area (Å²) < 4.78 is 0. The lowest BCUT2D eigenvalue weighted by atomic mass is 10.1. The summed E-state index contributed by atoms with van der Waals surface area (Å²) in [6.45, 7) is 8.41. The van der Waals surface area contributed by atoms with Crippen LogP contribution < -0.4 is 5.32 Å². The lowest BCUT2D eigenvalue weighted by molar-refractivity contribution is 0.754. The molecular weight excluding hydrogens is 218 g/mol. The number of benzene rings is 1. The van der Waals surface area contributed by atoms with Gasteiger partial charge in [-0.15, -0.1) is 0 Å². The van der Waals surface area contributed by atoms with E-state index >= 15 is 0 Å². The highest BCUT2D eigenvalue weighted by molar-refractivity contribution is 5.14. The molecule has 0 atom stereocenters. The van der Waals surface area contributed by atoms with Crippen LogP contribution in [-0.2, 0) is 6.54 Å². The first-order valence-corrected chi connectivity index (χ1v) is 6.72. The van der Waals surface area contributed by atoms with Crippen LogP contribution in [0.25, 0.3) is 0 Å². The molecule has 1 heteroatoms. The molecule has 18 heavy (non-hydrogen) atoms. The van der Waals surface area contributed by atoms with Gasteiger partial charge in [-0.3, -0.25) is 0 Å². The Hall–Kier alpha value is -1.34. The Kier molecular flexibility index (Phi) is 7.12. The molecule has 0 aromatic heterocycles. The molecule has 98 valence electrons. The number of rotatable bonds is 7. The number of hydrogen-bond donors (Lipinski definition) is 1. The van der Waals surface area contributed by atoms with E-state index in [2.05, 4.69) is 68.6 Å². The van der Waals surface area contributed by atoms with Gasteiger partial charge in [-0.25, -0.2) is 0 Å². The molecule has 0 saturated carbocycles. The Labute approximate surface area is 112 Å². The van der Waals surface area contributed by atoms with E-state index < -0.39 is 0 Å². The van der Waals surface area contributed by atoms with Gasteiger partial charge in [0.25, 0.3) is 0 Å². The van der Waals surface area contributed by atoms with Crippen LogP contribution in [0.4, 0.5) is 0 Å². The lowest BCUT2D eigenvalue weighted by Crippen LogP contribution is -2.13. The van der Waals surface area contributed by atoms with Crippen LogP contribution in [0, 0.1) is 0 Å². The van der Waals surface area contributed by atoms with Crippen molar-refractivity contribution in [1.29, 1.82) is 0 Å². The van der Waals surface area contributed by atoms with E-state index in [1.807, 2.05) is 0 Å². The standard InChI is InChI=1S/C17H25N/c1-15(2)8-7-9-16(3)12-13-18-14-17-10-5-4-6-11-17/h4-6,8,10-12,18H,7,9,13-14H2,1-3H3/b16-12+. The van der Waals surface area contributed by atoms with E-state index in [9.17, 15) is 0 Å². The van der Waals surface area contributed by atoms with Crippen molar-refractivity contribution in [1.82, 2.24) is 5.32 Å². The summed E-state index contributed by atoms with van der Waals surface area (Å²) in [5.74, 6) is 0. The van der Waals surface area contributed by atoms with Crippen LogP contribution in [0.15, 0.2) is 53.6 Å². The summed E-state index contributed by atoms with van der Waals surface area (Å²) in [4.78, 5) is 0. The van der Waals surface area contributed by atoms with Gasteiger partial charge in [0, 0.05) is 13.1 Å². The van der Waals surface area contributed by atoms with E-state index in [-0.39, 0.29) is 0 Å². The molecule has 0 saturated heterocycles. The lowest BCUT2D eigenvalue weighted by Gasteiger charge is -2.03. The first-order valence-electron chi connectivity index (χ1n) is 6.72. The Balaban J connectivity index is 2.18. The van der Waals surface area contributed by atoms with E-state index in [1.165, 1.54) is 16.7 Å². The Bertz CT molecular complexity index is 383. The highest BCUT2D eigenvalue weighted by atomic mass is 14.8. The fraction of sp³-hybridized carbons (Fsp3) is 0.412. The number of allylic oxidation sites excluding steroid dienone is 3. The predicted octanol–water partition coefficient (Wildman–Crippen LogP) is 4.47. The largest absolute Gasteiger partial charge is 0.309 e. The molecule has 1 nitrogen and oxygen atoms in total. The smallest absolute Gasteiger partial charge is 0.0208 e. The van der Waals surface area contributed by atoms with Crippen molar-refractivity contribution in [3.8, 4) is 0 Å². The molecule has 0 aliphatic rings. The van der Waals surface area contributed by atoms with Gasteiger partial charge < -0.3 is 5.32 Å². The van der Waals surface area contributed by atoms with Crippen molar-refractivity contribution in [3.05, 3.63) is 59.2 Å². The fourth-order valence-electron chi connectivity index (χ4n) is 1.75. The molecule has 0 bridgehead atoms. The maximum atomic E-state index is 3.44. The second kappa shape index (κ2) is 8.71. The molecule has 0 aliphatic heterocycles. The Morgan fingerprint density at radius 3 is 2.44 bits per heavy atom. The van der Waals surface area contributed by atoms with Crippen molar-refractivity contribution in [2.45, 2.75) is 40.2 Å². The van der Waals surface area contributed by atoms with Gasteiger partial charge in [-0.1, -0.05) is 53.6 Å². The van der Waals surface area contributed by atoms with Crippen LogP contribution in [0.1, 0.15) is 39.2 Å². The van der Waals surface area contributed by atoms with Gasteiger partial charge in [0.15, 0.2) is 0 Å². The number of hydrogen-bond acceptors (Lipinski definition) is 1. The van der Waals surface area contributed by atoms with E-state index in [0.717, 1.165) is 25.9 Å². The zero-order chi connectivity index (χ0) is 13.2. The second-order valence-corrected chi connectivity index (χ2v) is 4.99. The molecule has 0 aliphatic carbocycles. The molecule has 1 N–H and O–H groups in total. The normalized spacial score (nSPS) is 11.4. The minimum atomic E-state index is 0.943. The third-order valence-corrected chi connectivity index (χ3v) is 2.86. The van der Waals surface area contributed by atoms with Gasteiger partial charge >= 0.3 is 0 Å². The zero-order valence-corrected chi connectivity index (χ0v) is 11.9. The fourth-order valence-corrected chi connectivity index (χ4v) is 1.75. The summed E-state index contributed by atoms with van der Waals surface area (Å²) in [7, 11) is 0. The molecule has 0 amide bonds. The highest BCUT2D eigenvalue weighted by Gasteiger charge is 1.91. The maximum Gasteiger partial charge on any atom is 0.0208 e.